The molecule has 18 heteroatoms. The van der Waals surface area contributed by atoms with E-state index < -0.39 is 42.8 Å². The van der Waals surface area contributed by atoms with Gasteiger partial charge in [-0.15, -0.1) is 0 Å². The Morgan fingerprint density at radius 1 is 0.587 bits per heavy atom. The van der Waals surface area contributed by atoms with Crippen molar-refractivity contribution in [1.82, 2.24) is 18.6 Å². The average Bonchev–Trinajstić information content (AvgIpc) is 3.32. The lowest BCUT2D eigenvalue weighted by atomic mass is 9.82. The fourth-order valence-electron chi connectivity index (χ4n) is 8.69. The molecular formula is C45H56N6O10S2. The molecule has 4 aromatic rings. The summed E-state index contributed by atoms with van der Waals surface area (Å²) in [6, 6.07) is 24.2. The molecule has 16 nitrogen and oxygen atoms in total. The van der Waals surface area contributed by atoms with E-state index in [2.05, 4.69) is 44.0 Å². The van der Waals surface area contributed by atoms with Gasteiger partial charge in [-0.05, 0) is 84.3 Å². The predicted octanol–water partition coefficient (Wildman–Crippen LogP) is 4.25. The van der Waals surface area contributed by atoms with E-state index in [0.29, 0.717) is 78.4 Å². The molecule has 0 bridgehead atoms. The number of ether oxygens (including phenoxy) is 3. The molecule has 0 atom stereocenters. The molecule has 0 aliphatic carbocycles. The van der Waals surface area contributed by atoms with Gasteiger partial charge in [-0.25, -0.2) is 16.8 Å². The monoisotopic (exact) mass is 904 g/mol. The summed E-state index contributed by atoms with van der Waals surface area (Å²) in [6.07, 6.45) is 8.32. The highest BCUT2D eigenvalue weighted by Crippen LogP contribution is 2.36. The van der Waals surface area contributed by atoms with Gasteiger partial charge >= 0.3 is 11.9 Å². The highest BCUT2D eigenvalue weighted by atomic mass is 32.2. The Hall–Kier alpha value is -4.98. The van der Waals surface area contributed by atoms with Crippen molar-refractivity contribution in [2.75, 3.05) is 107 Å². The zero-order chi connectivity index (χ0) is 44.5. The largest absolute Gasteiger partial charge is 0.481 e. The first-order valence-corrected chi connectivity index (χ1v) is 24.5. The summed E-state index contributed by atoms with van der Waals surface area (Å²) in [4.78, 5) is 36.9. The molecule has 8 rings (SSSR count). The third-order valence-corrected chi connectivity index (χ3v) is 16.7. The number of esters is 1. The van der Waals surface area contributed by atoms with Crippen molar-refractivity contribution in [3.63, 3.8) is 0 Å². The number of sulfonamides is 2. The summed E-state index contributed by atoms with van der Waals surface area (Å²) in [5, 5.41) is 9.70. The van der Waals surface area contributed by atoms with Crippen LogP contribution in [-0.2, 0) is 43.8 Å². The number of aromatic nitrogens is 2. The van der Waals surface area contributed by atoms with Gasteiger partial charge in [0, 0.05) is 115 Å². The van der Waals surface area contributed by atoms with E-state index in [1.165, 1.54) is 15.7 Å². The minimum atomic E-state index is -3.67. The van der Waals surface area contributed by atoms with E-state index in [1.807, 2.05) is 60.9 Å². The lowest BCUT2D eigenvalue weighted by Gasteiger charge is -2.39. The number of carbonyl (C=O) groups excluding carboxylic acids is 1. The number of hydrogen-bond donors (Lipinski definition) is 1. The number of carboxylic acid groups (broad SMARTS) is 1. The normalized spacial score (nSPS) is 19.6. The second-order valence-corrected chi connectivity index (χ2v) is 20.4. The van der Waals surface area contributed by atoms with Crippen molar-refractivity contribution in [1.29, 1.82) is 0 Å². The standard InChI is InChI=1S/C23H29N3O5S.C22H27N3O5S/c1-30-22(27)23(8-15-31-16-9-23)18-32(28,29)26-13-11-25(12-14-26)21-6-4-19(5-7-21)20-3-2-10-24-17-20;26-21(27)22(7-14-30-15-8-22)17-31(28,29)25-12-10-24(11-13-25)20-5-3-18(4-6-20)19-2-1-9-23-16-19/h2-7,10,17H,8-9,11-16,18H2,1H3;1-6,9,16H,7-8,10-15,17H2,(H,26,27). The average molecular weight is 905 g/mol. The van der Waals surface area contributed by atoms with Gasteiger partial charge in [-0.2, -0.15) is 8.61 Å². The van der Waals surface area contributed by atoms with E-state index >= 15 is 0 Å². The summed E-state index contributed by atoms with van der Waals surface area (Å²) < 4.78 is 70.9. The SMILES string of the molecule is COC(=O)C1(CS(=O)(=O)N2CCN(c3ccc(-c4cccnc4)cc3)CC2)CCOCC1.O=C(O)C1(CS(=O)(=O)N2CCN(c3ccc(-c4cccnc4)cc3)CC2)CCOCC1. The number of rotatable bonds is 12. The number of hydrogen-bond acceptors (Lipinski definition) is 13. The van der Waals surface area contributed by atoms with Gasteiger partial charge in [0.25, 0.3) is 0 Å². The topological polar surface area (TPSA) is 189 Å². The van der Waals surface area contributed by atoms with Crippen LogP contribution in [0.25, 0.3) is 22.3 Å². The van der Waals surface area contributed by atoms with E-state index in [0.717, 1.165) is 33.6 Å². The molecule has 4 fully saturated rings. The van der Waals surface area contributed by atoms with Crippen LogP contribution in [0.5, 0.6) is 0 Å². The minimum absolute atomic E-state index is 0.226. The van der Waals surface area contributed by atoms with E-state index in [1.54, 1.807) is 12.4 Å². The lowest BCUT2D eigenvalue weighted by molar-refractivity contribution is -0.156. The van der Waals surface area contributed by atoms with Crippen molar-refractivity contribution in [2.24, 2.45) is 10.8 Å². The van der Waals surface area contributed by atoms with Crippen LogP contribution in [0.3, 0.4) is 0 Å². The zero-order valence-electron chi connectivity index (χ0n) is 35.6. The van der Waals surface area contributed by atoms with Gasteiger partial charge in [-0.1, -0.05) is 36.4 Å². The van der Waals surface area contributed by atoms with Gasteiger partial charge in [0.2, 0.25) is 20.0 Å². The summed E-state index contributed by atoms with van der Waals surface area (Å²) in [6.45, 7) is 5.09. The van der Waals surface area contributed by atoms with Crippen molar-refractivity contribution < 1.29 is 45.7 Å². The molecule has 0 unspecified atom stereocenters. The van der Waals surface area contributed by atoms with Gasteiger partial charge in [0.1, 0.15) is 0 Å². The number of piperazine rings is 2. The number of aliphatic carboxylic acids is 1. The second kappa shape index (κ2) is 20.2. The Morgan fingerprint density at radius 2 is 0.968 bits per heavy atom. The first-order chi connectivity index (χ1) is 30.3. The number of carboxylic acids is 1. The molecular weight excluding hydrogens is 849 g/mol. The predicted molar refractivity (Wildman–Crippen MR) is 239 cm³/mol. The molecule has 4 aliphatic heterocycles. The molecule has 0 saturated carbocycles. The first-order valence-electron chi connectivity index (χ1n) is 21.3. The molecule has 2 aromatic carbocycles. The first kappa shape index (κ1) is 46.0. The molecule has 0 radical (unpaired) electrons. The highest BCUT2D eigenvalue weighted by Gasteiger charge is 2.47. The molecule has 4 saturated heterocycles. The zero-order valence-corrected chi connectivity index (χ0v) is 37.2. The Labute approximate surface area is 369 Å². The van der Waals surface area contributed by atoms with Crippen LogP contribution in [0.4, 0.5) is 11.4 Å². The molecule has 0 spiro atoms. The number of carbonyl (C=O) groups is 2. The maximum atomic E-state index is 13.2. The maximum Gasteiger partial charge on any atom is 0.313 e. The van der Waals surface area contributed by atoms with Crippen LogP contribution in [0.1, 0.15) is 25.7 Å². The van der Waals surface area contributed by atoms with Crippen molar-refractivity contribution in [3.05, 3.63) is 97.6 Å². The molecule has 6 heterocycles. The molecule has 2 aromatic heterocycles. The van der Waals surface area contributed by atoms with Crippen LogP contribution in [-0.4, -0.2) is 150 Å². The fraction of sp³-hybridized carbons (Fsp3) is 0.467. The van der Waals surface area contributed by atoms with Gasteiger partial charge in [-0.3, -0.25) is 19.6 Å². The Balaban J connectivity index is 0.000000189. The molecule has 1 N–H and O–H groups in total. The van der Waals surface area contributed by atoms with Crippen LogP contribution in [0, 0.1) is 10.8 Å². The molecule has 0 amide bonds. The third kappa shape index (κ3) is 11.0. The third-order valence-electron chi connectivity index (χ3n) is 12.6. The lowest BCUT2D eigenvalue weighted by Crippen LogP contribution is -2.53. The fourth-order valence-corrected chi connectivity index (χ4v) is 12.7. The number of methoxy groups -OCH3 is 1. The van der Waals surface area contributed by atoms with Crippen LogP contribution >= 0.6 is 0 Å². The highest BCUT2D eigenvalue weighted by molar-refractivity contribution is 7.89. The Bertz CT molecular complexity index is 2350. The Kier molecular flexibility index (Phi) is 14.8. The van der Waals surface area contributed by atoms with Crippen molar-refractivity contribution in [2.45, 2.75) is 25.7 Å². The summed E-state index contributed by atoms with van der Waals surface area (Å²) in [5.41, 5.74) is 4.09. The number of nitrogens with zero attached hydrogens (tertiary/aromatic N) is 6. The number of anilines is 2. The Morgan fingerprint density at radius 3 is 1.32 bits per heavy atom. The molecule has 338 valence electrons. The van der Waals surface area contributed by atoms with Gasteiger partial charge < -0.3 is 29.1 Å². The smallest absolute Gasteiger partial charge is 0.313 e. The molecule has 4 aliphatic rings. The van der Waals surface area contributed by atoms with Gasteiger partial charge in [0.05, 0.1) is 29.4 Å². The van der Waals surface area contributed by atoms with E-state index in [4.69, 9.17) is 14.2 Å². The number of benzene rings is 2. The van der Waals surface area contributed by atoms with Crippen molar-refractivity contribution in [3.8, 4) is 22.3 Å². The minimum Gasteiger partial charge on any atom is -0.481 e. The van der Waals surface area contributed by atoms with Crippen molar-refractivity contribution >= 4 is 43.4 Å². The maximum absolute atomic E-state index is 13.2. The second-order valence-electron chi connectivity index (χ2n) is 16.4. The van der Waals surface area contributed by atoms with Crippen LogP contribution < -0.4 is 9.80 Å². The summed E-state index contributed by atoms with van der Waals surface area (Å²) >= 11 is 0. The number of pyridine rings is 2. The van der Waals surface area contributed by atoms with E-state index in [9.17, 15) is 31.5 Å². The summed E-state index contributed by atoms with van der Waals surface area (Å²) in [5.74, 6) is -2.10. The van der Waals surface area contributed by atoms with E-state index in [-0.39, 0.29) is 37.6 Å². The quantitative estimate of drug-likeness (QED) is 0.199. The van der Waals surface area contributed by atoms with Crippen LogP contribution in [0.15, 0.2) is 97.6 Å². The van der Waals surface area contributed by atoms with Gasteiger partial charge in [0.15, 0.2) is 0 Å². The molecule has 63 heavy (non-hydrogen) atoms. The summed E-state index contributed by atoms with van der Waals surface area (Å²) in [7, 11) is -5.96. The van der Waals surface area contributed by atoms with Crippen LogP contribution in [0.2, 0.25) is 0 Å².